The molecule has 0 radical (unpaired) electrons. The van der Waals surface area contributed by atoms with Gasteiger partial charge in [-0.2, -0.15) is 0 Å². The number of aliphatic hydroxyl groups excluding tert-OH is 12. The van der Waals surface area contributed by atoms with Crippen LogP contribution in [-0.2, 0) is 42.7 Å². The molecule has 0 aromatic rings. The van der Waals surface area contributed by atoms with Crippen molar-refractivity contribution in [1.29, 1.82) is 0 Å². The Hall–Kier alpha value is -2.00. The maximum Gasteiger partial charge on any atom is 0.315 e. The summed E-state index contributed by atoms with van der Waals surface area (Å²) in [4.78, 5) is 28.3. The number of aliphatic hydroxyl groups is 12. The van der Waals surface area contributed by atoms with E-state index in [1.807, 2.05) is 13.8 Å². The van der Waals surface area contributed by atoms with Gasteiger partial charge < -0.3 is 94.4 Å². The molecule has 21 nitrogen and oxygen atoms in total. The summed E-state index contributed by atoms with van der Waals surface area (Å²) < 4.78 is 40.8. The number of carbonyl (C=O) groups is 2. The molecule has 7 fully saturated rings. The molecule has 0 spiro atoms. The van der Waals surface area contributed by atoms with Crippen molar-refractivity contribution in [1.82, 2.24) is 0 Å². The molecule has 8 aliphatic rings. The fourth-order valence-corrected chi connectivity index (χ4v) is 15.3. The molecule has 12 N–H and O–H groups in total. The zero-order valence-corrected chi connectivity index (χ0v) is 41.0. The molecule has 3 heterocycles. The van der Waals surface area contributed by atoms with Gasteiger partial charge in [0.2, 0.25) is 6.29 Å². The highest BCUT2D eigenvalue weighted by Crippen LogP contribution is 2.76. The highest BCUT2D eigenvalue weighted by molar-refractivity contribution is 5.81. The first kappa shape index (κ1) is 54.3. The van der Waals surface area contributed by atoms with Gasteiger partial charge in [-0.15, -0.1) is 0 Å². The summed E-state index contributed by atoms with van der Waals surface area (Å²) in [6, 6.07) is 0. The summed E-state index contributed by atoms with van der Waals surface area (Å²) in [6.07, 6.45) is -18.0. The van der Waals surface area contributed by atoms with E-state index in [4.69, 9.17) is 33.2 Å². The minimum absolute atomic E-state index is 0.0604. The van der Waals surface area contributed by atoms with Crippen molar-refractivity contribution in [2.45, 2.75) is 197 Å². The Morgan fingerprint density at radius 1 is 0.614 bits per heavy atom. The van der Waals surface area contributed by atoms with Crippen molar-refractivity contribution in [3.8, 4) is 0 Å². The van der Waals surface area contributed by atoms with Gasteiger partial charge in [-0.1, -0.05) is 39.3 Å². The van der Waals surface area contributed by atoms with Crippen LogP contribution in [0.3, 0.4) is 0 Å². The highest BCUT2D eigenvalue weighted by Gasteiger charge is 2.71. The van der Waals surface area contributed by atoms with E-state index < -0.39 is 158 Å². The third-order valence-corrected chi connectivity index (χ3v) is 19.9. The monoisotopic (exact) mass is 1000 g/mol. The summed E-state index contributed by atoms with van der Waals surface area (Å²) in [5.41, 5.74) is -3.19. The van der Waals surface area contributed by atoms with Gasteiger partial charge in [0.25, 0.3) is 0 Å². The average molecular weight is 1000 g/mol. The molecule has 4 saturated carbocycles. The maximum atomic E-state index is 14.8. The van der Waals surface area contributed by atoms with Crippen molar-refractivity contribution < 1.29 is 104 Å². The molecular formula is C49H78O21. The molecule has 25 atom stereocenters. The van der Waals surface area contributed by atoms with Crippen LogP contribution in [0.25, 0.3) is 0 Å². The third kappa shape index (κ3) is 8.24. The van der Waals surface area contributed by atoms with Crippen molar-refractivity contribution in [3.63, 3.8) is 0 Å². The van der Waals surface area contributed by atoms with Crippen LogP contribution >= 0.6 is 0 Å². The van der Waals surface area contributed by atoms with Crippen LogP contribution in [0.15, 0.2) is 11.6 Å². The minimum Gasteiger partial charge on any atom is -0.469 e. The van der Waals surface area contributed by atoms with Crippen LogP contribution in [0.2, 0.25) is 0 Å². The van der Waals surface area contributed by atoms with Gasteiger partial charge in [0.15, 0.2) is 12.6 Å². The number of hydrogen-bond acceptors (Lipinski definition) is 21. The number of ether oxygens (including phenoxy) is 7. The van der Waals surface area contributed by atoms with E-state index in [0.717, 1.165) is 5.57 Å². The van der Waals surface area contributed by atoms with Crippen molar-refractivity contribution >= 4 is 11.9 Å². The minimum atomic E-state index is -1.84. The largest absolute Gasteiger partial charge is 0.469 e. The Morgan fingerprint density at radius 2 is 1.17 bits per heavy atom. The molecule has 0 bridgehead atoms. The molecule has 0 amide bonds. The van der Waals surface area contributed by atoms with Gasteiger partial charge in [-0.05, 0) is 105 Å². The van der Waals surface area contributed by atoms with Crippen LogP contribution in [0.1, 0.15) is 98.8 Å². The van der Waals surface area contributed by atoms with Gasteiger partial charge in [-0.3, -0.25) is 9.59 Å². The fraction of sp³-hybridized carbons (Fsp3) is 0.918. The highest BCUT2D eigenvalue weighted by atomic mass is 16.7. The van der Waals surface area contributed by atoms with E-state index in [0.29, 0.717) is 51.4 Å². The first-order valence-electron chi connectivity index (χ1n) is 25.1. The summed E-state index contributed by atoms with van der Waals surface area (Å²) in [5, 5.41) is 127. The normalized spacial score (nSPS) is 53.6. The molecule has 3 aliphatic heterocycles. The third-order valence-electron chi connectivity index (χ3n) is 19.9. The lowest BCUT2D eigenvalue weighted by Crippen LogP contribution is -2.67. The van der Waals surface area contributed by atoms with E-state index in [2.05, 4.69) is 26.8 Å². The van der Waals surface area contributed by atoms with Gasteiger partial charge >= 0.3 is 11.9 Å². The lowest BCUT2D eigenvalue weighted by Gasteiger charge is -2.71. The van der Waals surface area contributed by atoms with E-state index in [1.165, 1.54) is 7.11 Å². The van der Waals surface area contributed by atoms with E-state index >= 15 is 0 Å². The van der Waals surface area contributed by atoms with Crippen LogP contribution in [-0.4, -0.2) is 205 Å². The first-order valence-corrected chi connectivity index (χ1v) is 25.1. The Morgan fingerprint density at radius 3 is 1.76 bits per heavy atom. The molecule has 3 saturated heterocycles. The summed E-state index contributed by atoms with van der Waals surface area (Å²) >= 11 is 0. The van der Waals surface area contributed by atoms with Crippen molar-refractivity contribution in [2.75, 3.05) is 33.5 Å². The smallest absolute Gasteiger partial charge is 0.315 e. The Bertz CT molecular complexity index is 1940. The summed E-state index contributed by atoms with van der Waals surface area (Å²) in [5.74, 6) is -1.61. The molecule has 0 aromatic carbocycles. The van der Waals surface area contributed by atoms with E-state index in [1.54, 1.807) is 0 Å². The second-order valence-corrected chi connectivity index (χ2v) is 23.2. The quantitative estimate of drug-likeness (QED) is 0.0621. The standard InChI is InChI=1S/C49H78O21/c1-44(42(62)64-6)13-15-49(43(63)70-40-36(60)34(58)31(55)25(19-51)66-40)16-14-47(4)22(23(49)17-44)7-8-28-45(2)11-10-29(46(3,21-53)27(45)9-12-48(28,47)5)68-41-37(61)38(32(56)26(20-52)67-41)69-39-35(59)33(57)30(54)24(18-50)65-39/h7,23-41,50-61H,8-21H2,1-6H3/t23-,24-,25-,26-,27+,28-,29+,30-,31-,32+,33+,34+,35-,36-,37-,38+,39+,40+,41+,44-,45+,46+,47-,48+,49+/m1/s1. The van der Waals surface area contributed by atoms with Gasteiger partial charge in [-0.25, -0.2) is 0 Å². The molecule has 8 rings (SSSR count). The number of allylic oxidation sites excluding steroid dienone is 2. The zero-order chi connectivity index (χ0) is 51.3. The SMILES string of the molecule is COC(=O)[C@]1(C)CC[C@]2(C(=O)O[C@@H]3O[C@H](CO)[C@@H](O)[C@H](O)[C@H]3O)CC[C@]3(C)C(=CC[C@@H]4[C@@]5(C)CC[C@H](O[C@@H]6O[C@H](CO)[C@H](O)[C@H](O[C@@H]7O[C@H](CO)[C@@H](O)[C@H](O)[C@H]7O)[C@H]6O)[C@@](C)(CO)[C@H]5CC[C@@]43C)[C@H]2C1. The molecule has 0 unspecified atom stereocenters. The van der Waals surface area contributed by atoms with Crippen LogP contribution < -0.4 is 0 Å². The van der Waals surface area contributed by atoms with Crippen LogP contribution in [0.5, 0.6) is 0 Å². The van der Waals surface area contributed by atoms with Crippen LogP contribution in [0, 0.1) is 50.2 Å². The lowest BCUT2D eigenvalue weighted by atomic mass is 9.33. The lowest BCUT2D eigenvalue weighted by molar-refractivity contribution is -0.370. The Kier molecular flexibility index (Phi) is 15.2. The van der Waals surface area contributed by atoms with Gasteiger partial charge in [0.05, 0.1) is 50.5 Å². The Balaban J connectivity index is 1.06. The summed E-state index contributed by atoms with van der Waals surface area (Å²) in [7, 11) is 1.35. The molecular weight excluding hydrogens is 925 g/mol. The topological polar surface area (TPSA) is 342 Å². The van der Waals surface area contributed by atoms with Crippen LogP contribution in [0.4, 0.5) is 0 Å². The number of methoxy groups -OCH3 is 1. The predicted octanol–water partition coefficient (Wildman–Crippen LogP) is -1.73. The summed E-state index contributed by atoms with van der Waals surface area (Å²) in [6.45, 7) is 8.19. The van der Waals surface area contributed by atoms with Crippen molar-refractivity contribution in [2.24, 2.45) is 50.2 Å². The molecule has 400 valence electrons. The Labute approximate surface area is 407 Å². The number of esters is 2. The second kappa shape index (κ2) is 19.6. The average Bonchev–Trinajstić information content (AvgIpc) is 3.34. The number of hydrogen-bond donors (Lipinski definition) is 12. The van der Waals surface area contributed by atoms with Crippen molar-refractivity contribution in [3.05, 3.63) is 11.6 Å². The van der Waals surface area contributed by atoms with Gasteiger partial charge in [0, 0.05) is 5.41 Å². The molecule has 70 heavy (non-hydrogen) atoms. The molecule has 5 aliphatic carbocycles. The number of fused-ring (bicyclic) bond motifs is 7. The van der Waals surface area contributed by atoms with E-state index in [-0.39, 0.29) is 42.1 Å². The van der Waals surface area contributed by atoms with Gasteiger partial charge in [0.1, 0.15) is 73.2 Å². The molecule has 21 heteroatoms. The predicted molar refractivity (Wildman–Crippen MR) is 238 cm³/mol. The second-order valence-electron chi connectivity index (χ2n) is 23.2. The van der Waals surface area contributed by atoms with E-state index in [9.17, 15) is 70.9 Å². The fourth-order valence-electron chi connectivity index (χ4n) is 15.3. The number of carbonyl (C=O) groups excluding carboxylic acids is 2. The number of rotatable bonds is 11. The zero-order valence-electron chi connectivity index (χ0n) is 41.0. The maximum absolute atomic E-state index is 14.8. The molecule has 0 aromatic heterocycles. The first-order chi connectivity index (χ1) is 32.9.